The van der Waals surface area contributed by atoms with E-state index in [9.17, 15) is 9.59 Å². The van der Waals surface area contributed by atoms with Crippen LogP contribution < -0.4 is 14.8 Å². The first-order valence-corrected chi connectivity index (χ1v) is 8.03. The Hall–Kier alpha value is -3.60. The molecule has 0 unspecified atom stereocenters. The molecule has 0 saturated heterocycles. The van der Waals surface area contributed by atoms with Gasteiger partial charge in [0.25, 0.3) is 5.91 Å². The molecule has 0 aliphatic heterocycles. The van der Waals surface area contributed by atoms with Gasteiger partial charge in [-0.1, -0.05) is 30.3 Å². The molecule has 0 atom stereocenters. The van der Waals surface area contributed by atoms with Crippen LogP contribution >= 0.6 is 0 Å². The maximum atomic E-state index is 12.5. The number of carbonyl (C=O) groups excluding carboxylic acids is 2. The van der Waals surface area contributed by atoms with Crippen molar-refractivity contribution in [2.24, 2.45) is 0 Å². The number of esters is 1. The van der Waals surface area contributed by atoms with Gasteiger partial charge >= 0.3 is 5.97 Å². The Labute approximate surface area is 151 Å². The molecule has 0 aliphatic carbocycles. The summed E-state index contributed by atoms with van der Waals surface area (Å²) in [4.78, 5) is 23.6. The fraction of sp³-hybridized carbons (Fsp3) is 0.0476. The van der Waals surface area contributed by atoms with E-state index in [0.717, 1.165) is 5.75 Å². The summed E-state index contributed by atoms with van der Waals surface area (Å²) >= 11 is 0. The zero-order valence-corrected chi connectivity index (χ0v) is 14.1. The lowest BCUT2D eigenvalue weighted by Gasteiger charge is -2.10. The van der Waals surface area contributed by atoms with Gasteiger partial charge in [0, 0.05) is 12.6 Å². The number of amides is 1. The van der Waals surface area contributed by atoms with Crippen LogP contribution in [0.2, 0.25) is 0 Å². The van der Waals surface area contributed by atoms with Crippen molar-refractivity contribution in [2.75, 3.05) is 5.32 Å². The Balaban J connectivity index is 1.69. The van der Waals surface area contributed by atoms with Gasteiger partial charge in [-0.15, -0.1) is 0 Å². The van der Waals surface area contributed by atoms with Gasteiger partial charge in [0.15, 0.2) is 0 Å². The highest BCUT2D eigenvalue weighted by molar-refractivity contribution is 6.06. The van der Waals surface area contributed by atoms with Gasteiger partial charge in [0.2, 0.25) is 0 Å². The van der Waals surface area contributed by atoms with E-state index in [1.54, 1.807) is 48.5 Å². The molecule has 3 aromatic carbocycles. The number of carbonyl (C=O) groups is 2. The molecule has 0 spiro atoms. The number of ether oxygens (including phenoxy) is 2. The Bertz CT molecular complexity index is 905. The minimum absolute atomic E-state index is 0.224. The maximum Gasteiger partial charge on any atom is 0.308 e. The minimum atomic E-state index is -0.479. The van der Waals surface area contributed by atoms with Crippen LogP contribution in [0.3, 0.4) is 0 Å². The second-order valence-corrected chi connectivity index (χ2v) is 5.48. The van der Waals surface area contributed by atoms with Crippen molar-refractivity contribution in [3.63, 3.8) is 0 Å². The topological polar surface area (TPSA) is 64.6 Å². The Kier molecular flexibility index (Phi) is 5.29. The predicted molar refractivity (Wildman–Crippen MR) is 98.7 cm³/mol. The molecule has 5 heteroatoms. The number of hydrogen-bond acceptors (Lipinski definition) is 4. The molecule has 3 rings (SSSR count). The first kappa shape index (κ1) is 17.2. The number of rotatable bonds is 5. The first-order valence-electron chi connectivity index (χ1n) is 8.03. The SMILES string of the molecule is CC(=O)Oc1ccccc1C(=O)Nc1ccc(Oc2ccccc2)cc1. The first-order chi connectivity index (χ1) is 12.6. The molecule has 0 radical (unpaired) electrons. The average Bonchev–Trinajstić information content (AvgIpc) is 2.64. The molecular weight excluding hydrogens is 330 g/mol. The summed E-state index contributed by atoms with van der Waals surface area (Å²) < 4.78 is 10.8. The van der Waals surface area contributed by atoms with E-state index in [2.05, 4.69) is 5.32 Å². The molecule has 0 saturated carbocycles. The van der Waals surface area contributed by atoms with Crippen LogP contribution in [0, 0.1) is 0 Å². The maximum absolute atomic E-state index is 12.5. The highest BCUT2D eigenvalue weighted by Crippen LogP contribution is 2.24. The average molecular weight is 347 g/mol. The number of hydrogen-bond donors (Lipinski definition) is 1. The third-order valence-corrected chi connectivity index (χ3v) is 3.48. The number of benzene rings is 3. The van der Waals surface area contributed by atoms with Crippen molar-refractivity contribution in [3.8, 4) is 17.2 Å². The smallest absolute Gasteiger partial charge is 0.308 e. The molecular formula is C21H17NO4. The van der Waals surface area contributed by atoms with Gasteiger partial charge in [0.1, 0.15) is 17.2 Å². The van der Waals surface area contributed by atoms with Gasteiger partial charge in [-0.25, -0.2) is 0 Å². The van der Waals surface area contributed by atoms with Gasteiger partial charge < -0.3 is 14.8 Å². The molecule has 0 aromatic heterocycles. The normalized spacial score (nSPS) is 10.0. The summed E-state index contributed by atoms with van der Waals surface area (Å²) in [5, 5.41) is 2.78. The van der Waals surface area contributed by atoms with Crippen molar-refractivity contribution < 1.29 is 19.1 Å². The molecule has 26 heavy (non-hydrogen) atoms. The zero-order chi connectivity index (χ0) is 18.4. The predicted octanol–water partition coefficient (Wildman–Crippen LogP) is 4.66. The Morgan fingerprint density at radius 2 is 1.38 bits per heavy atom. The van der Waals surface area contributed by atoms with Crippen molar-refractivity contribution in [1.82, 2.24) is 0 Å². The molecule has 130 valence electrons. The monoisotopic (exact) mass is 347 g/mol. The van der Waals surface area contributed by atoms with Crippen molar-refractivity contribution in [2.45, 2.75) is 6.92 Å². The van der Waals surface area contributed by atoms with Crippen LogP contribution in [0.25, 0.3) is 0 Å². The summed E-state index contributed by atoms with van der Waals surface area (Å²) in [6, 6.07) is 23.0. The van der Waals surface area contributed by atoms with Crippen LogP contribution in [0.4, 0.5) is 5.69 Å². The van der Waals surface area contributed by atoms with E-state index in [-0.39, 0.29) is 17.2 Å². The lowest BCUT2D eigenvalue weighted by molar-refractivity contribution is -0.131. The molecule has 3 aromatic rings. The Morgan fingerprint density at radius 3 is 2.08 bits per heavy atom. The lowest BCUT2D eigenvalue weighted by atomic mass is 10.2. The van der Waals surface area contributed by atoms with Crippen LogP contribution in [0.5, 0.6) is 17.2 Å². The highest BCUT2D eigenvalue weighted by atomic mass is 16.5. The summed E-state index contributed by atoms with van der Waals surface area (Å²) in [5.74, 6) is 0.780. The summed E-state index contributed by atoms with van der Waals surface area (Å²) in [6.45, 7) is 1.29. The molecule has 1 amide bonds. The van der Waals surface area contributed by atoms with E-state index in [0.29, 0.717) is 11.4 Å². The van der Waals surface area contributed by atoms with Gasteiger partial charge in [0.05, 0.1) is 5.56 Å². The molecule has 0 heterocycles. The minimum Gasteiger partial charge on any atom is -0.457 e. The number of anilines is 1. The van der Waals surface area contributed by atoms with Crippen LogP contribution in [-0.4, -0.2) is 11.9 Å². The molecule has 1 N–H and O–H groups in total. The fourth-order valence-corrected chi connectivity index (χ4v) is 2.33. The second kappa shape index (κ2) is 7.98. The number of nitrogens with one attached hydrogen (secondary N) is 1. The molecule has 5 nitrogen and oxygen atoms in total. The summed E-state index contributed by atoms with van der Waals surface area (Å²) in [7, 11) is 0. The molecule has 0 aliphatic rings. The van der Waals surface area contributed by atoms with Crippen LogP contribution in [0.15, 0.2) is 78.9 Å². The van der Waals surface area contributed by atoms with E-state index in [4.69, 9.17) is 9.47 Å². The van der Waals surface area contributed by atoms with Gasteiger partial charge in [-0.2, -0.15) is 0 Å². The summed E-state index contributed by atoms with van der Waals surface area (Å²) in [5.41, 5.74) is 0.889. The van der Waals surface area contributed by atoms with E-state index < -0.39 is 5.97 Å². The van der Waals surface area contributed by atoms with Crippen molar-refractivity contribution in [3.05, 3.63) is 84.4 Å². The third-order valence-electron chi connectivity index (χ3n) is 3.48. The van der Waals surface area contributed by atoms with Gasteiger partial charge in [-0.05, 0) is 48.5 Å². The second-order valence-electron chi connectivity index (χ2n) is 5.48. The quantitative estimate of drug-likeness (QED) is 0.539. The lowest BCUT2D eigenvalue weighted by Crippen LogP contribution is -2.14. The van der Waals surface area contributed by atoms with Crippen molar-refractivity contribution in [1.29, 1.82) is 0 Å². The zero-order valence-electron chi connectivity index (χ0n) is 14.1. The summed E-state index contributed by atoms with van der Waals surface area (Å²) in [6.07, 6.45) is 0. The fourth-order valence-electron chi connectivity index (χ4n) is 2.33. The molecule has 0 bridgehead atoms. The highest BCUT2D eigenvalue weighted by Gasteiger charge is 2.13. The standard InChI is InChI=1S/C21H17NO4/c1-15(23)25-20-10-6-5-9-19(20)21(24)22-16-11-13-18(14-12-16)26-17-7-3-2-4-8-17/h2-14H,1H3,(H,22,24). The van der Waals surface area contributed by atoms with E-state index in [1.165, 1.54) is 6.92 Å². The third kappa shape index (κ3) is 4.48. The molecule has 0 fully saturated rings. The van der Waals surface area contributed by atoms with E-state index >= 15 is 0 Å². The van der Waals surface area contributed by atoms with Crippen LogP contribution in [-0.2, 0) is 4.79 Å². The van der Waals surface area contributed by atoms with Gasteiger partial charge in [-0.3, -0.25) is 9.59 Å². The van der Waals surface area contributed by atoms with Crippen LogP contribution in [0.1, 0.15) is 17.3 Å². The largest absolute Gasteiger partial charge is 0.457 e. The number of para-hydroxylation sites is 2. The Morgan fingerprint density at radius 1 is 0.769 bits per heavy atom. The van der Waals surface area contributed by atoms with E-state index in [1.807, 2.05) is 30.3 Å². The van der Waals surface area contributed by atoms with Crippen molar-refractivity contribution >= 4 is 17.6 Å².